The Balaban J connectivity index is 1.56. The number of ether oxygens (including phenoxy) is 4. The highest BCUT2D eigenvalue weighted by Gasteiger charge is 2.68. The normalized spacial score (nSPS) is 42.6. The Labute approximate surface area is 213 Å². The molecule has 0 bridgehead atoms. The second kappa shape index (κ2) is 11.3. The highest BCUT2D eigenvalue weighted by molar-refractivity contribution is 5.22. The van der Waals surface area contributed by atoms with Crippen molar-refractivity contribution < 1.29 is 34.3 Å². The first-order valence-electron chi connectivity index (χ1n) is 13.1. The molecule has 1 saturated carbocycles. The summed E-state index contributed by atoms with van der Waals surface area (Å²) in [6, 6.07) is 7.27. The number of benzene rings is 1. The Morgan fingerprint density at radius 3 is 2.28 bits per heavy atom. The van der Waals surface area contributed by atoms with E-state index in [2.05, 4.69) is 47.1 Å². The molecule has 36 heavy (non-hydrogen) atoms. The summed E-state index contributed by atoms with van der Waals surface area (Å²) in [5.41, 5.74) is 0.631. The van der Waals surface area contributed by atoms with Crippen molar-refractivity contribution in [3.8, 4) is 0 Å². The summed E-state index contributed by atoms with van der Waals surface area (Å²) < 4.78 is 24.6. The van der Waals surface area contributed by atoms with Crippen molar-refractivity contribution in [3.05, 3.63) is 35.4 Å². The molecule has 2 saturated heterocycles. The number of hydrogen-bond donors (Lipinski definition) is 6. The zero-order valence-corrected chi connectivity index (χ0v) is 21.9. The first-order valence-corrected chi connectivity index (χ1v) is 13.1. The summed E-state index contributed by atoms with van der Waals surface area (Å²) in [6.07, 6.45) is -3.37. The quantitative estimate of drug-likeness (QED) is 0.262. The maximum atomic E-state index is 11.8. The predicted molar refractivity (Wildman–Crippen MR) is 133 cm³/mol. The van der Waals surface area contributed by atoms with E-state index >= 15 is 0 Å². The monoisotopic (exact) mass is 509 g/mol. The third-order valence-electron chi connectivity index (χ3n) is 7.86. The number of likely N-dealkylation sites (N-methyl/N-ethyl adjacent to an activating group) is 2. The van der Waals surface area contributed by atoms with Gasteiger partial charge in [0.15, 0.2) is 0 Å². The summed E-state index contributed by atoms with van der Waals surface area (Å²) in [4.78, 5) is 0. The van der Waals surface area contributed by atoms with Gasteiger partial charge in [0.2, 0.25) is 12.1 Å². The van der Waals surface area contributed by atoms with E-state index in [-0.39, 0.29) is 19.1 Å². The van der Waals surface area contributed by atoms with Crippen LogP contribution in [0.25, 0.3) is 0 Å². The van der Waals surface area contributed by atoms with E-state index in [0.717, 1.165) is 12.0 Å². The molecule has 0 aromatic heterocycles. The maximum Gasteiger partial charge on any atom is 0.249 e. The van der Waals surface area contributed by atoms with Crippen molar-refractivity contribution in [1.82, 2.24) is 16.0 Å². The minimum atomic E-state index is -2.15. The lowest BCUT2D eigenvalue weighted by Crippen LogP contribution is -2.81. The van der Waals surface area contributed by atoms with Crippen molar-refractivity contribution >= 4 is 0 Å². The van der Waals surface area contributed by atoms with Gasteiger partial charge in [0.25, 0.3) is 0 Å². The fourth-order valence-corrected chi connectivity index (χ4v) is 5.90. The molecular formula is C26H43N3O7. The van der Waals surface area contributed by atoms with E-state index < -0.39 is 54.2 Å². The molecule has 6 N–H and O–H groups in total. The molecule has 1 aliphatic carbocycles. The predicted octanol–water partition coefficient (Wildman–Crippen LogP) is -0.367. The van der Waals surface area contributed by atoms with Crippen LogP contribution in [-0.4, -0.2) is 103 Å². The molecule has 2 heterocycles. The third kappa shape index (κ3) is 4.96. The Bertz CT molecular complexity index is 860. The SMILES string of the molecule is CCOC1C(NC)C(O)C(NC)C2OC3(O)C(OC(C)CC3(O)CNCc3ccc(CC)cc3)OC12. The van der Waals surface area contributed by atoms with Crippen LogP contribution in [0.5, 0.6) is 0 Å². The highest BCUT2D eigenvalue weighted by atomic mass is 16.8. The molecule has 4 rings (SSSR count). The average Bonchev–Trinajstić information content (AvgIpc) is 2.85. The molecule has 3 fully saturated rings. The summed E-state index contributed by atoms with van der Waals surface area (Å²) >= 11 is 0. The van der Waals surface area contributed by atoms with E-state index in [0.29, 0.717) is 13.2 Å². The van der Waals surface area contributed by atoms with Crippen molar-refractivity contribution in [2.24, 2.45) is 0 Å². The Morgan fingerprint density at radius 2 is 1.67 bits per heavy atom. The second-order valence-corrected chi connectivity index (χ2v) is 10.2. The van der Waals surface area contributed by atoms with Gasteiger partial charge < -0.3 is 50.2 Å². The van der Waals surface area contributed by atoms with Crippen LogP contribution in [0.15, 0.2) is 24.3 Å². The van der Waals surface area contributed by atoms with E-state index in [1.165, 1.54) is 5.56 Å². The van der Waals surface area contributed by atoms with Crippen molar-refractivity contribution in [3.63, 3.8) is 0 Å². The van der Waals surface area contributed by atoms with Crippen molar-refractivity contribution in [1.29, 1.82) is 0 Å². The van der Waals surface area contributed by atoms with Gasteiger partial charge in [-0.15, -0.1) is 0 Å². The van der Waals surface area contributed by atoms with Gasteiger partial charge in [0.05, 0.1) is 24.3 Å². The lowest BCUT2D eigenvalue weighted by atomic mass is 9.77. The van der Waals surface area contributed by atoms with Crippen LogP contribution in [0.3, 0.4) is 0 Å². The van der Waals surface area contributed by atoms with E-state index in [9.17, 15) is 15.3 Å². The lowest BCUT2D eigenvalue weighted by Gasteiger charge is -2.60. The zero-order chi connectivity index (χ0) is 26.1. The van der Waals surface area contributed by atoms with Gasteiger partial charge in [-0.25, -0.2) is 0 Å². The Hall–Kier alpha value is -1.18. The van der Waals surface area contributed by atoms with Crippen LogP contribution in [0.1, 0.15) is 38.3 Å². The summed E-state index contributed by atoms with van der Waals surface area (Å²) in [6.45, 7) is 6.81. The molecule has 0 amide bonds. The molecule has 204 valence electrons. The molecule has 10 atom stereocenters. The third-order valence-corrected chi connectivity index (χ3v) is 7.86. The van der Waals surface area contributed by atoms with Crippen molar-refractivity contribution in [2.75, 3.05) is 27.2 Å². The second-order valence-electron chi connectivity index (χ2n) is 10.2. The number of aryl methyl sites for hydroxylation is 1. The van der Waals surface area contributed by atoms with Crippen LogP contribution in [0, 0.1) is 0 Å². The van der Waals surface area contributed by atoms with E-state index in [4.69, 9.17) is 18.9 Å². The minimum absolute atomic E-state index is 0.0603. The van der Waals surface area contributed by atoms with Crippen LogP contribution in [0.4, 0.5) is 0 Å². The lowest BCUT2D eigenvalue weighted by molar-refractivity contribution is -0.482. The molecule has 10 nitrogen and oxygen atoms in total. The van der Waals surface area contributed by atoms with Crippen LogP contribution in [0.2, 0.25) is 0 Å². The largest absolute Gasteiger partial charge is 0.390 e. The maximum absolute atomic E-state index is 11.8. The zero-order valence-electron chi connectivity index (χ0n) is 21.9. The molecule has 0 spiro atoms. The summed E-state index contributed by atoms with van der Waals surface area (Å²) in [5, 5.41) is 44.3. The Morgan fingerprint density at radius 1 is 1.00 bits per heavy atom. The molecule has 2 aliphatic heterocycles. The van der Waals surface area contributed by atoms with E-state index in [1.807, 2.05) is 13.8 Å². The van der Waals surface area contributed by atoms with Crippen molar-refractivity contribution in [2.45, 2.75) is 100 Å². The number of aliphatic hydroxyl groups is 3. The van der Waals surface area contributed by atoms with Gasteiger partial charge in [-0.05, 0) is 45.5 Å². The van der Waals surface area contributed by atoms with Crippen LogP contribution in [-0.2, 0) is 31.9 Å². The van der Waals surface area contributed by atoms with Gasteiger partial charge in [-0.3, -0.25) is 0 Å². The number of hydrogen-bond acceptors (Lipinski definition) is 10. The first-order chi connectivity index (χ1) is 17.2. The summed E-state index contributed by atoms with van der Waals surface area (Å²) in [7, 11) is 3.47. The fourth-order valence-electron chi connectivity index (χ4n) is 5.90. The molecule has 3 aliphatic rings. The van der Waals surface area contributed by atoms with Crippen LogP contribution >= 0.6 is 0 Å². The molecule has 10 heteroatoms. The fraction of sp³-hybridized carbons (Fsp3) is 0.769. The van der Waals surface area contributed by atoms with Gasteiger partial charge in [-0.2, -0.15) is 0 Å². The highest BCUT2D eigenvalue weighted by Crippen LogP contribution is 2.46. The van der Waals surface area contributed by atoms with Gasteiger partial charge in [0, 0.05) is 26.1 Å². The summed E-state index contributed by atoms with van der Waals surface area (Å²) in [5.74, 6) is -2.15. The van der Waals surface area contributed by atoms with Gasteiger partial charge in [0.1, 0.15) is 23.9 Å². The number of fused-ring (bicyclic) bond motifs is 2. The molecular weight excluding hydrogens is 466 g/mol. The Kier molecular flexibility index (Phi) is 8.73. The smallest absolute Gasteiger partial charge is 0.249 e. The first kappa shape index (κ1) is 27.8. The molecule has 1 aromatic carbocycles. The topological polar surface area (TPSA) is 134 Å². The minimum Gasteiger partial charge on any atom is -0.390 e. The van der Waals surface area contributed by atoms with E-state index in [1.54, 1.807) is 14.1 Å². The number of aliphatic hydroxyl groups excluding tert-OH is 1. The van der Waals surface area contributed by atoms with Gasteiger partial charge >= 0.3 is 0 Å². The number of rotatable bonds is 9. The molecule has 10 unspecified atom stereocenters. The standard InChI is InChI=1S/C26H43N3O7/c1-6-16-8-10-17(11-9-16)13-29-14-25(31)12-15(3)34-24-26(25,32)36-22-19(28-5)20(30)18(27-4)21(33-7-2)23(22)35-24/h8-11,15,18-24,27-32H,6-7,12-14H2,1-5H3. The van der Waals surface area contributed by atoms with Gasteiger partial charge in [-0.1, -0.05) is 31.2 Å². The average molecular weight is 510 g/mol. The van der Waals surface area contributed by atoms with Crippen LogP contribution < -0.4 is 16.0 Å². The molecule has 1 aromatic rings. The number of nitrogens with one attached hydrogen (secondary N) is 3. The molecule has 0 radical (unpaired) electrons.